The summed E-state index contributed by atoms with van der Waals surface area (Å²) in [5.41, 5.74) is 0.168. The van der Waals surface area contributed by atoms with Gasteiger partial charge < -0.3 is 4.57 Å². The van der Waals surface area contributed by atoms with Crippen molar-refractivity contribution in [2.75, 3.05) is 0 Å². The summed E-state index contributed by atoms with van der Waals surface area (Å²) in [6.07, 6.45) is 0.969. The van der Waals surface area contributed by atoms with Gasteiger partial charge in [0.05, 0.1) is 6.54 Å². The van der Waals surface area contributed by atoms with Crippen LogP contribution < -0.4 is 5.56 Å². The minimum atomic E-state index is -0.595. The van der Waals surface area contributed by atoms with E-state index in [4.69, 9.17) is 0 Å². The predicted molar refractivity (Wildman–Crippen MR) is 66.1 cm³/mol. The van der Waals surface area contributed by atoms with Crippen molar-refractivity contribution < 1.29 is 13.6 Å². The highest BCUT2D eigenvalue weighted by Crippen LogP contribution is 2.10. The molecule has 0 aliphatic heterocycles. The van der Waals surface area contributed by atoms with Crippen LogP contribution in [0, 0.1) is 18.6 Å². The highest BCUT2D eigenvalue weighted by atomic mass is 19.1. The largest absolute Gasteiger partial charge is 0.305 e. The van der Waals surface area contributed by atoms with Crippen LogP contribution in [0.15, 0.2) is 41.3 Å². The summed E-state index contributed by atoms with van der Waals surface area (Å²) < 4.78 is 27.1. The van der Waals surface area contributed by atoms with Gasteiger partial charge in [-0.2, -0.15) is 0 Å². The third-order valence-corrected chi connectivity index (χ3v) is 2.74. The van der Waals surface area contributed by atoms with Crippen LogP contribution in [0.4, 0.5) is 8.78 Å². The van der Waals surface area contributed by atoms with Crippen LogP contribution in [0.5, 0.6) is 0 Å². The number of rotatable bonds is 3. The lowest BCUT2D eigenvalue weighted by Crippen LogP contribution is -2.23. The van der Waals surface area contributed by atoms with E-state index >= 15 is 0 Å². The maximum absolute atomic E-state index is 13.1. The van der Waals surface area contributed by atoms with Crippen molar-refractivity contribution in [2.45, 2.75) is 13.5 Å². The molecule has 2 rings (SSSR count). The molecule has 19 heavy (non-hydrogen) atoms. The third-order valence-electron chi connectivity index (χ3n) is 2.74. The average molecular weight is 263 g/mol. The number of carbonyl (C=O) groups excluding carboxylic acids is 1. The number of nitrogens with zero attached hydrogens (tertiary/aromatic N) is 1. The van der Waals surface area contributed by atoms with Crippen LogP contribution in [0.2, 0.25) is 0 Å². The van der Waals surface area contributed by atoms with Gasteiger partial charge in [-0.25, -0.2) is 8.78 Å². The molecule has 5 heteroatoms. The van der Waals surface area contributed by atoms with Crippen LogP contribution in [0.25, 0.3) is 0 Å². The summed E-state index contributed by atoms with van der Waals surface area (Å²) >= 11 is 0. The first-order chi connectivity index (χ1) is 8.97. The second kappa shape index (κ2) is 5.14. The van der Waals surface area contributed by atoms with Gasteiger partial charge in [-0.05, 0) is 36.8 Å². The number of carbonyl (C=O) groups is 1. The second-order valence-corrected chi connectivity index (χ2v) is 4.20. The second-order valence-electron chi connectivity index (χ2n) is 4.20. The molecule has 0 aliphatic rings. The van der Waals surface area contributed by atoms with E-state index in [1.54, 1.807) is 6.92 Å². The van der Waals surface area contributed by atoms with Crippen LogP contribution >= 0.6 is 0 Å². The van der Waals surface area contributed by atoms with E-state index in [1.807, 2.05) is 0 Å². The Labute approximate surface area is 108 Å². The van der Waals surface area contributed by atoms with Crippen LogP contribution in [-0.4, -0.2) is 10.4 Å². The molecule has 0 N–H and O–H groups in total. The number of aromatic nitrogens is 1. The Morgan fingerprint density at radius 3 is 2.63 bits per heavy atom. The molecule has 3 nitrogen and oxygen atoms in total. The minimum Gasteiger partial charge on any atom is -0.305 e. The number of ketones is 1. The summed E-state index contributed by atoms with van der Waals surface area (Å²) in [4.78, 5) is 23.4. The molecule has 1 heterocycles. The summed E-state index contributed by atoms with van der Waals surface area (Å²) in [7, 11) is 0. The van der Waals surface area contributed by atoms with Crippen LogP contribution in [-0.2, 0) is 6.54 Å². The summed E-state index contributed by atoms with van der Waals surface area (Å²) in [6, 6.07) is 6.03. The molecule has 2 aromatic rings. The molecular formula is C14H11F2NO2. The Bertz CT molecular complexity index is 692. The van der Waals surface area contributed by atoms with Crippen molar-refractivity contribution in [1.82, 2.24) is 4.57 Å². The quantitative estimate of drug-likeness (QED) is 0.797. The number of Topliss-reactive ketones (excluding diaryl/α,β-unsaturated/α-hetero) is 1. The smallest absolute Gasteiger partial charge is 0.251 e. The maximum atomic E-state index is 13.1. The molecule has 0 saturated heterocycles. The molecule has 1 aromatic carbocycles. The normalized spacial score (nSPS) is 10.5. The van der Waals surface area contributed by atoms with Gasteiger partial charge in [-0.1, -0.05) is 0 Å². The van der Waals surface area contributed by atoms with Gasteiger partial charge in [0.25, 0.3) is 5.56 Å². The zero-order valence-electron chi connectivity index (χ0n) is 10.2. The minimum absolute atomic E-state index is 0.276. The van der Waals surface area contributed by atoms with Crippen molar-refractivity contribution in [3.63, 3.8) is 0 Å². The molecule has 98 valence electrons. The predicted octanol–water partition coefficient (Wildman–Crippen LogP) is 2.32. The number of hydrogen-bond donors (Lipinski definition) is 0. The molecule has 0 unspecified atom stereocenters. The zero-order valence-corrected chi connectivity index (χ0v) is 10.2. The molecule has 1 aromatic heterocycles. The molecule has 0 spiro atoms. The van der Waals surface area contributed by atoms with E-state index in [1.165, 1.54) is 18.2 Å². The monoisotopic (exact) mass is 263 g/mol. The highest BCUT2D eigenvalue weighted by Gasteiger charge is 2.10. The standard InChI is InChI=1S/C14H11F2NO2/c1-9-6-10(2-4-12(9)16)13(18)8-17-7-11(15)3-5-14(17)19/h2-7H,8H2,1H3. The third kappa shape index (κ3) is 2.93. The number of hydrogen-bond acceptors (Lipinski definition) is 2. The Morgan fingerprint density at radius 2 is 1.95 bits per heavy atom. The molecule has 0 bridgehead atoms. The first-order valence-corrected chi connectivity index (χ1v) is 5.63. The SMILES string of the molecule is Cc1cc(C(=O)Cn2cc(F)ccc2=O)ccc1F. The van der Waals surface area contributed by atoms with E-state index < -0.39 is 17.2 Å². The Kier molecular flexibility index (Phi) is 3.55. The number of halogens is 2. The molecule has 0 fully saturated rings. The molecular weight excluding hydrogens is 252 g/mol. The number of aryl methyl sites for hydroxylation is 1. The van der Waals surface area contributed by atoms with Crippen LogP contribution in [0.3, 0.4) is 0 Å². The Hall–Kier alpha value is -2.30. The van der Waals surface area contributed by atoms with Gasteiger partial charge in [0.15, 0.2) is 5.78 Å². The van der Waals surface area contributed by atoms with Crippen molar-refractivity contribution in [2.24, 2.45) is 0 Å². The molecule has 0 radical (unpaired) electrons. The van der Waals surface area contributed by atoms with Gasteiger partial charge in [0.1, 0.15) is 11.6 Å². The fourth-order valence-corrected chi connectivity index (χ4v) is 1.69. The Morgan fingerprint density at radius 1 is 1.21 bits per heavy atom. The van der Waals surface area contributed by atoms with Crippen molar-refractivity contribution in [3.05, 3.63) is 69.6 Å². The van der Waals surface area contributed by atoms with E-state index in [-0.39, 0.29) is 17.9 Å². The van der Waals surface area contributed by atoms with E-state index in [9.17, 15) is 18.4 Å². The number of benzene rings is 1. The van der Waals surface area contributed by atoms with Gasteiger partial charge in [-0.3, -0.25) is 9.59 Å². The van der Waals surface area contributed by atoms with Gasteiger partial charge in [0, 0.05) is 17.8 Å². The fraction of sp³-hybridized carbons (Fsp3) is 0.143. The molecule has 0 saturated carbocycles. The molecule has 0 amide bonds. The first-order valence-electron chi connectivity index (χ1n) is 5.63. The lowest BCUT2D eigenvalue weighted by Gasteiger charge is -2.06. The van der Waals surface area contributed by atoms with Gasteiger partial charge >= 0.3 is 0 Å². The van der Waals surface area contributed by atoms with Crippen LogP contribution in [0.1, 0.15) is 15.9 Å². The lowest BCUT2D eigenvalue weighted by atomic mass is 10.1. The van der Waals surface area contributed by atoms with E-state index in [2.05, 4.69) is 0 Å². The van der Waals surface area contributed by atoms with Crippen molar-refractivity contribution in [3.8, 4) is 0 Å². The fourth-order valence-electron chi connectivity index (χ4n) is 1.69. The van der Waals surface area contributed by atoms with E-state index in [0.717, 1.165) is 22.9 Å². The topological polar surface area (TPSA) is 39.1 Å². The number of pyridine rings is 1. The highest BCUT2D eigenvalue weighted by molar-refractivity contribution is 5.96. The average Bonchev–Trinajstić information content (AvgIpc) is 2.37. The molecule has 0 aliphatic carbocycles. The Balaban J connectivity index is 2.28. The van der Waals surface area contributed by atoms with Gasteiger partial charge in [-0.15, -0.1) is 0 Å². The van der Waals surface area contributed by atoms with Crippen molar-refractivity contribution >= 4 is 5.78 Å². The summed E-state index contributed by atoms with van der Waals surface area (Å²) in [5, 5.41) is 0. The zero-order chi connectivity index (χ0) is 14.0. The summed E-state index contributed by atoms with van der Waals surface area (Å²) in [5.74, 6) is -1.38. The summed E-state index contributed by atoms with van der Waals surface area (Å²) in [6.45, 7) is 1.27. The first kappa shape index (κ1) is 13.1. The lowest BCUT2D eigenvalue weighted by molar-refractivity contribution is 0.0970. The molecule has 0 atom stereocenters. The van der Waals surface area contributed by atoms with Gasteiger partial charge in [0.2, 0.25) is 0 Å². The van der Waals surface area contributed by atoms with E-state index in [0.29, 0.717) is 5.56 Å². The van der Waals surface area contributed by atoms with Crippen molar-refractivity contribution in [1.29, 1.82) is 0 Å². The maximum Gasteiger partial charge on any atom is 0.251 e.